The zero-order chi connectivity index (χ0) is 22.3. The molecule has 6 rings (SSSR count). The summed E-state index contributed by atoms with van der Waals surface area (Å²) in [5.74, 6) is 1.27. The maximum atomic E-state index is 13.5. The molecule has 1 saturated carbocycles. The molecule has 0 spiro atoms. The number of fused-ring (bicyclic) bond motifs is 2. The Morgan fingerprint density at radius 3 is 3.06 bits per heavy atom. The number of tetrazole rings is 1. The van der Waals surface area contributed by atoms with Crippen LogP contribution in [0.25, 0.3) is 11.3 Å². The first-order valence-corrected chi connectivity index (χ1v) is 11.3. The summed E-state index contributed by atoms with van der Waals surface area (Å²) in [4.78, 5) is 15.5. The third-order valence-corrected chi connectivity index (χ3v) is 7.05. The molecule has 11 heteroatoms. The maximum absolute atomic E-state index is 13.5. The standard InChI is InChI=1S/C22H24N10O/c33-21(16-4-3-6-18(12-16)31-11-10-24-28-31)30-13-17-5-1-2-9-22(17,15-30)14-23-19-7-8-20-25-27-29-32(20)26-19/h3-4,6-8,10-12,17H,1-2,5,9,13-15H2,(H,23,26). The lowest BCUT2D eigenvalue weighted by Crippen LogP contribution is -2.40. The summed E-state index contributed by atoms with van der Waals surface area (Å²) in [5.41, 5.74) is 2.15. The molecule has 2 fully saturated rings. The minimum atomic E-state index is 0.0364. The van der Waals surface area contributed by atoms with Gasteiger partial charge in [-0.1, -0.05) is 24.1 Å². The Balaban J connectivity index is 1.21. The molecule has 0 bridgehead atoms. The zero-order valence-electron chi connectivity index (χ0n) is 18.1. The first-order valence-electron chi connectivity index (χ1n) is 11.3. The number of carbonyl (C=O) groups is 1. The first kappa shape index (κ1) is 19.8. The molecule has 1 amide bonds. The molecular weight excluding hydrogens is 420 g/mol. The van der Waals surface area contributed by atoms with Gasteiger partial charge >= 0.3 is 0 Å². The Hall–Kier alpha value is -3.89. The fraction of sp³-hybridized carbons (Fsp3) is 0.409. The molecule has 4 heterocycles. The second-order valence-corrected chi connectivity index (χ2v) is 8.99. The van der Waals surface area contributed by atoms with Gasteiger partial charge in [-0.3, -0.25) is 4.79 Å². The van der Waals surface area contributed by atoms with Crippen LogP contribution in [0.3, 0.4) is 0 Å². The molecule has 2 aliphatic rings. The molecule has 4 aromatic rings. The van der Waals surface area contributed by atoms with E-state index in [0.29, 0.717) is 17.1 Å². The highest BCUT2D eigenvalue weighted by Gasteiger charge is 2.48. The number of anilines is 1. The third kappa shape index (κ3) is 3.59. The minimum Gasteiger partial charge on any atom is -0.368 e. The average Bonchev–Trinajstić information content (AvgIpc) is 3.61. The first-order chi connectivity index (χ1) is 16.2. The van der Waals surface area contributed by atoms with Crippen molar-refractivity contribution in [3.63, 3.8) is 0 Å². The van der Waals surface area contributed by atoms with Crippen molar-refractivity contribution in [2.75, 3.05) is 25.0 Å². The van der Waals surface area contributed by atoms with Gasteiger partial charge in [0.1, 0.15) is 5.82 Å². The number of likely N-dealkylation sites (tertiary alicyclic amines) is 1. The summed E-state index contributed by atoms with van der Waals surface area (Å²) in [5, 5.41) is 27.3. The van der Waals surface area contributed by atoms with Gasteiger partial charge in [-0.15, -0.1) is 19.9 Å². The van der Waals surface area contributed by atoms with Gasteiger partial charge in [0.2, 0.25) is 0 Å². The Labute approximate surface area is 189 Å². The molecule has 1 aromatic carbocycles. The number of aromatic nitrogens is 8. The number of carbonyl (C=O) groups excluding carboxylic acids is 1. The highest BCUT2D eigenvalue weighted by Crippen LogP contribution is 2.47. The largest absolute Gasteiger partial charge is 0.368 e. The van der Waals surface area contributed by atoms with Crippen LogP contribution in [0.5, 0.6) is 0 Å². The van der Waals surface area contributed by atoms with Crippen LogP contribution in [0.1, 0.15) is 36.0 Å². The van der Waals surface area contributed by atoms with E-state index in [4.69, 9.17) is 0 Å². The van der Waals surface area contributed by atoms with Crippen molar-refractivity contribution in [2.24, 2.45) is 11.3 Å². The van der Waals surface area contributed by atoms with Crippen molar-refractivity contribution in [2.45, 2.75) is 25.7 Å². The van der Waals surface area contributed by atoms with E-state index in [2.05, 4.69) is 36.3 Å². The van der Waals surface area contributed by atoms with E-state index in [9.17, 15) is 4.79 Å². The molecular formula is C22H24N10O. The van der Waals surface area contributed by atoms with Gasteiger partial charge in [0.05, 0.1) is 18.1 Å². The topological polar surface area (TPSA) is 119 Å². The number of hydrogen-bond donors (Lipinski definition) is 1. The summed E-state index contributed by atoms with van der Waals surface area (Å²) in [7, 11) is 0. The Morgan fingerprint density at radius 2 is 2.15 bits per heavy atom. The Kier molecular flexibility index (Phi) is 4.74. The van der Waals surface area contributed by atoms with Gasteiger partial charge in [-0.05, 0) is 59.5 Å². The SMILES string of the molecule is O=C(c1cccc(-n2ccnn2)c1)N1CC2CCCCC2(CNc2ccc3nnnn3n2)C1. The number of benzene rings is 1. The molecule has 168 valence electrons. The van der Waals surface area contributed by atoms with Crippen molar-refractivity contribution in [3.05, 3.63) is 54.4 Å². The van der Waals surface area contributed by atoms with Gasteiger partial charge in [0.25, 0.3) is 5.91 Å². The molecule has 33 heavy (non-hydrogen) atoms. The van der Waals surface area contributed by atoms with Crippen LogP contribution in [0.4, 0.5) is 5.82 Å². The van der Waals surface area contributed by atoms with Crippen molar-refractivity contribution >= 4 is 17.4 Å². The maximum Gasteiger partial charge on any atom is 0.253 e. The fourth-order valence-corrected chi connectivity index (χ4v) is 5.35. The van der Waals surface area contributed by atoms with Crippen LogP contribution >= 0.6 is 0 Å². The smallest absolute Gasteiger partial charge is 0.253 e. The van der Waals surface area contributed by atoms with Crippen LogP contribution in [0, 0.1) is 11.3 Å². The van der Waals surface area contributed by atoms with Crippen molar-refractivity contribution in [1.82, 2.24) is 45.1 Å². The van der Waals surface area contributed by atoms with E-state index in [1.807, 2.05) is 41.3 Å². The van der Waals surface area contributed by atoms with Gasteiger partial charge in [0, 0.05) is 30.6 Å². The second-order valence-electron chi connectivity index (χ2n) is 8.99. The van der Waals surface area contributed by atoms with Crippen molar-refractivity contribution in [1.29, 1.82) is 0 Å². The van der Waals surface area contributed by atoms with E-state index >= 15 is 0 Å². The van der Waals surface area contributed by atoms with E-state index in [0.717, 1.165) is 44.0 Å². The molecule has 1 aliphatic carbocycles. The normalized spacial score (nSPS) is 22.4. The van der Waals surface area contributed by atoms with Crippen LogP contribution < -0.4 is 5.32 Å². The molecule has 2 unspecified atom stereocenters. The lowest BCUT2D eigenvalue weighted by atomic mass is 9.68. The Bertz CT molecular complexity index is 1290. The molecule has 11 nitrogen and oxygen atoms in total. The van der Waals surface area contributed by atoms with Crippen LogP contribution in [0.15, 0.2) is 48.8 Å². The van der Waals surface area contributed by atoms with E-state index in [1.165, 1.54) is 17.5 Å². The Morgan fingerprint density at radius 1 is 1.18 bits per heavy atom. The van der Waals surface area contributed by atoms with Crippen LogP contribution in [-0.2, 0) is 0 Å². The summed E-state index contributed by atoms with van der Waals surface area (Å²) < 4.78 is 3.09. The van der Waals surface area contributed by atoms with E-state index in [-0.39, 0.29) is 11.3 Å². The van der Waals surface area contributed by atoms with Gasteiger partial charge < -0.3 is 10.2 Å². The van der Waals surface area contributed by atoms with Crippen LogP contribution in [-0.4, -0.2) is 70.7 Å². The second kappa shape index (κ2) is 7.91. The molecule has 2 atom stereocenters. The van der Waals surface area contributed by atoms with Crippen LogP contribution in [0.2, 0.25) is 0 Å². The summed E-state index contributed by atoms with van der Waals surface area (Å²) in [6.07, 6.45) is 8.04. The van der Waals surface area contributed by atoms with E-state index < -0.39 is 0 Å². The zero-order valence-corrected chi connectivity index (χ0v) is 18.1. The molecule has 1 N–H and O–H groups in total. The van der Waals surface area contributed by atoms with E-state index in [1.54, 1.807) is 17.1 Å². The number of rotatable bonds is 5. The minimum absolute atomic E-state index is 0.0364. The van der Waals surface area contributed by atoms with Gasteiger partial charge in [-0.2, -0.15) is 0 Å². The highest BCUT2D eigenvalue weighted by atomic mass is 16.2. The van der Waals surface area contributed by atoms with Crippen molar-refractivity contribution < 1.29 is 4.79 Å². The quantitative estimate of drug-likeness (QED) is 0.495. The molecule has 3 aromatic heterocycles. The molecule has 1 saturated heterocycles. The summed E-state index contributed by atoms with van der Waals surface area (Å²) in [6.45, 7) is 2.29. The molecule has 1 aliphatic heterocycles. The predicted octanol–water partition coefficient (Wildman–Crippen LogP) is 1.84. The summed E-state index contributed by atoms with van der Waals surface area (Å²) >= 11 is 0. The average molecular weight is 445 g/mol. The van der Waals surface area contributed by atoms with Gasteiger partial charge in [-0.25, -0.2) is 4.68 Å². The molecule has 0 radical (unpaired) electrons. The number of amides is 1. The predicted molar refractivity (Wildman–Crippen MR) is 119 cm³/mol. The fourth-order valence-electron chi connectivity index (χ4n) is 5.35. The number of hydrogen-bond acceptors (Lipinski definition) is 8. The summed E-state index contributed by atoms with van der Waals surface area (Å²) in [6, 6.07) is 11.3. The third-order valence-electron chi connectivity index (χ3n) is 7.05. The van der Waals surface area contributed by atoms with Crippen molar-refractivity contribution in [3.8, 4) is 5.69 Å². The lowest BCUT2D eigenvalue weighted by Gasteiger charge is -2.38. The van der Waals surface area contributed by atoms with Gasteiger partial charge in [0.15, 0.2) is 5.65 Å². The monoisotopic (exact) mass is 444 g/mol. The number of nitrogens with one attached hydrogen (secondary N) is 1. The highest BCUT2D eigenvalue weighted by molar-refractivity contribution is 5.95. The number of nitrogens with zero attached hydrogens (tertiary/aromatic N) is 9. The lowest BCUT2D eigenvalue weighted by molar-refractivity contribution is 0.0772.